The first kappa shape index (κ1) is 17.5. The third-order valence-electron chi connectivity index (χ3n) is 4.31. The number of nitrogens with one attached hydrogen (secondary N) is 1. The first-order valence-electron chi connectivity index (χ1n) is 7.40. The van der Waals surface area contributed by atoms with E-state index >= 15 is 0 Å². The number of anilines is 2. The van der Waals surface area contributed by atoms with Crippen LogP contribution in [0.4, 0.5) is 11.8 Å². The van der Waals surface area contributed by atoms with Crippen LogP contribution in [0.15, 0.2) is 6.33 Å². The largest absolute Gasteiger partial charge is 0.389 e. The highest BCUT2D eigenvalue weighted by Gasteiger charge is 2.53. The number of rotatable bonds is 5. The molecule has 1 aliphatic rings. The Balaban J connectivity index is 2.09. The van der Waals surface area contributed by atoms with Gasteiger partial charge in [-0.2, -0.15) is 9.97 Å². The molecule has 2 aromatic heterocycles. The maximum Gasteiger partial charge on any atom is 0.327 e. The molecule has 0 unspecified atom stereocenters. The van der Waals surface area contributed by atoms with E-state index in [0.717, 1.165) is 0 Å². The molecule has 132 valence electrons. The lowest BCUT2D eigenvalue weighted by atomic mass is 9.83. The Hall–Kier alpha value is -2.31. The molecule has 0 aliphatic carbocycles. The second-order valence-electron chi connectivity index (χ2n) is 5.77. The highest BCUT2D eigenvalue weighted by molar-refractivity contribution is 7.17. The van der Waals surface area contributed by atoms with Gasteiger partial charge in [0.25, 0.3) is 0 Å². The van der Waals surface area contributed by atoms with Crippen molar-refractivity contribution in [3.05, 3.63) is 6.33 Å². The lowest BCUT2D eigenvalue weighted by Gasteiger charge is -2.27. The van der Waals surface area contributed by atoms with Crippen molar-refractivity contribution in [1.29, 1.82) is 0 Å². The predicted octanol–water partition coefficient (Wildman–Crippen LogP) is 0.571. The first-order valence-corrected chi connectivity index (χ1v) is 8.13. The summed E-state index contributed by atoms with van der Waals surface area (Å²) in [7, 11) is 1.19. The van der Waals surface area contributed by atoms with Gasteiger partial charge in [-0.25, -0.2) is 9.55 Å². The molecular formula is C14H17N6O4P. The number of nitrogens with zero attached hydrogens (tertiary/aromatic N) is 4. The number of terminal acetylenes is 1. The van der Waals surface area contributed by atoms with Crippen LogP contribution in [0.2, 0.25) is 0 Å². The molecule has 1 saturated heterocycles. The number of hydrogen-bond acceptors (Lipinski definition) is 9. The van der Waals surface area contributed by atoms with Gasteiger partial charge < -0.3 is 20.9 Å². The first-order chi connectivity index (χ1) is 12.0. The molecule has 0 bridgehead atoms. The molecule has 0 radical (unpaired) electrons. The van der Waals surface area contributed by atoms with E-state index in [1.807, 2.05) is 0 Å². The molecule has 11 heteroatoms. The number of imidazole rings is 1. The van der Waals surface area contributed by atoms with Crippen LogP contribution in [-0.2, 0) is 13.8 Å². The standard InChI is InChI=1S/C14H17N6O4P/c1-4-14(2)9(21)7(5-23-25-22)24-12(14)20-6-17-8-10(16-3)18-13(15)19-11(8)20/h1,6-7,9,12,21H,5H2,2-3H3,(H3,15,16,18,19)/t7-,9-,12-,14+/m1/s1. The molecule has 4 N–H and O–H groups in total. The molecule has 0 amide bonds. The maximum absolute atomic E-state index is 10.6. The molecule has 4 atom stereocenters. The van der Waals surface area contributed by atoms with Gasteiger partial charge in [0, 0.05) is 7.05 Å². The van der Waals surface area contributed by atoms with Gasteiger partial charge in [0.1, 0.15) is 17.6 Å². The fourth-order valence-electron chi connectivity index (χ4n) is 2.94. The van der Waals surface area contributed by atoms with Gasteiger partial charge in [-0.15, -0.1) is 6.42 Å². The summed E-state index contributed by atoms with van der Waals surface area (Å²) in [5.41, 5.74) is 5.58. The van der Waals surface area contributed by atoms with Gasteiger partial charge in [0.2, 0.25) is 5.95 Å². The number of aliphatic hydroxyl groups excluding tert-OH is 1. The van der Waals surface area contributed by atoms with Crippen LogP contribution in [0, 0.1) is 17.8 Å². The summed E-state index contributed by atoms with van der Waals surface area (Å²) in [5, 5.41) is 13.5. The Kier molecular flexibility index (Phi) is 4.58. The van der Waals surface area contributed by atoms with E-state index in [4.69, 9.17) is 21.4 Å². The SMILES string of the molecule is C#C[C@@]1(C)[C@H](O)[C@@H](COP=O)O[C@H]1n1cnc2c(NC)nc(N)nc21. The Bertz CT molecular complexity index is 852. The molecule has 25 heavy (non-hydrogen) atoms. The number of aromatic nitrogens is 4. The van der Waals surface area contributed by atoms with E-state index in [-0.39, 0.29) is 12.6 Å². The zero-order valence-electron chi connectivity index (χ0n) is 13.6. The van der Waals surface area contributed by atoms with E-state index in [1.54, 1.807) is 18.5 Å². The summed E-state index contributed by atoms with van der Waals surface area (Å²) >= 11 is 0. The third-order valence-corrected chi connectivity index (χ3v) is 4.57. The van der Waals surface area contributed by atoms with Gasteiger partial charge in [-0.1, -0.05) is 5.92 Å². The highest BCUT2D eigenvalue weighted by atomic mass is 31.1. The van der Waals surface area contributed by atoms with Crippen LogP contribution in [0.5, 0.6) is 0 Å². The molecule has 0 saturated carbocycles. The highest BCUT2D eigenvalue weighted by Crippen LogP contribution is 2.46. The molecule has 3 rings (SSSR count). The minimum absolute atomic E-state index is 0.0598. The molecule has 0 spiro atoms. The number of hydrogen-bond donors (Lipinski definition) is 3. The molecule has 1 aliphatic heterocycles. The fourth-order valence-corrected chi connectivity index (χ4v) is 3.15. The Morgan fingerprint density at radius 3 is 3.04 bits per heavy atom. The van der Waals surface area contributed by atoms with E-state index < -0.39 is 32.5 Å². The molecule has 2 aromatic rings. The average Bonchev–Trinajstić information content (AvgIpc) is 3.13. The zero-order chi connectivity index (χ0) is 18.2. The normalized spacial score (nSPS) is 29.1. The number of aliphatic hydroxyl groups is 1. The molecular weight excluding hydrogens is 347 g/mol. The van der Waals surface area contributed by atoms with Crippen LogP contribution in [-0.4, -0.2) is 50.5 Å². The second kappa shape index (κ2) is 6.54. The third kappa shape index (κ3) is 2.71. The van der Waals surface area contributed by atoms with Crippen molar-refractivity contribution >= 4 is 31.6 Å². The van der Waals surface area contributed by atoms with Crippen molar-refractivity contribution in [3.63, 3.8) is 0 Å². The van der Waals surface area contributed by atoms with E-state index in [2.05, 4.69) is 26.2 Å². The maximum atomic E-state index is 10.6. The van der Waals surface area contributed by atoms with Crippen LogP contribution in [0.25, 0.3) is 11.2 Å². The van der Waals surface area contributed by atoms with Gasteiger partial charge in [-0.05, 0) is 6.92 Å². The van der Waals surface area contributed by atoms with Crippen molar-refractivity contribution in [3.8, 4) is 12.3 Å². The average molecular weight is 364 g/mol. The summed E-state index contributed by atoms with van der Waals surface area (Å²) in [6.45, 7) is 1.61. The Labute approximate surface area is 145 Å². The lowest BCUT2D eigenvalue weighted by molar-refractivity contribution is -0.0406. The van der Waals surface area contributed by atoms with Crippen molar-refractivity contribution < 1.29 is 18.9 Å². The number of nitrogen functional groups attached to an aromatic ring is 1. The van der Waals surface area contributed by atoms with Crippen LogP contribution in [0.1, 0.15) is 13.2 Å². The lowest BCUT2D eigenvalue weighted by Crippen LogP contribution is -2.37. The van der Waals surface area contributed by atoms with Crippen LogP contribution < -0.4 is 11.1 Å². The summed E-state index contributed by atoms with van der Waals surface area (Å²) in [4.78, 5) is 12.6. The smallest absolute Gasteiger partial charge is 0.327 e. The Morgan fingerprint density at radius 2 is 2.40 bits per heavy atom. The van der Waals surface area contributed by atoms with Crippen molar-refractivity contribution in [2.45, 2.75) is 25.4 Å². The Morgan fingerprint density at radius 1 is 1.64 bits per heavy atom. The van der Waals surface area contributed by atoms with Gasteiger partial charge in [0.05, 0.1) is 12.9 Å². The number of fused-ring (bicyclic) bond motifs is 1. The molecule has 10 nitrogen and oxygen atoms in total. The monoisotopic (exact) mass is 364 g/mol. The quantitative estimate of drug-likeness (QED) is 0.513. The second-order valence-corrected chi connectivity index (χ2v) is 6.18. The van der Waals surface area contributed by atoms with E-state index in [9.17, 15) is 9.67 Å². The summed E-state index contributed by atoms with van der Waals surface area (Å²) in [5.74, 6) is 3.12. The summed E-state index contributed by atoms with van der Waals surface area (Å²) in [6, 6.07) is 0. The van der Waals surface area contributed by atoms with Crippen molar-refractivity contribution in [2.75, 3.05) is 24.7 Å². The van der Waals surface area contributed by atoms with Gasteiger partial charge in [0.15, 0.2) is 23.2 Å². The molecule has 1 fully saturated rings. The minimum Gasteiger partial charge on any atom is -0.389 e. The van der Waals surface area contributed by atoms with E-state index in [0.29, 0.717) is 17.0 Å². The number of nitrogens with two attached hydrogens (primary N) is 1. The minimum atomic E-state index is -1.08. The molecule has 3 heterocycles. The van der Waals surface area contributed by atoms with Crippen LogP contribution >= 0.6 is 8.69 Å². The molecule has 0 aromatic carbocycles. The topological polar surface area (TPSA) is 137 Å². The fraction of sp³-hybridized carbons (Fsp3) is 0.500. The van der Waals surface area contributed by atoms with Crippen LogP contribution in [0.3, 0.4) is 0 Å². The predicted molar refractivity (Wildman–Crippen MR) is 89.7 cm³/mol. The van der Waals surface area contributed by atoms with Crippen molar-refractivity contribution in [2.24, 2.45) is 5.41 Å². The van der Waals surface area contributed by atoms with Crippen molar-refractivity contribution in [1.82, 2.24) is 19.5 Å². The van der Waals surface area contributed by atoms with Gasteiger partial charge in [-0.3, -0.25) is 9.09 Å². The summed E-state index contributed by atoms with van der Waals surface area (Å²) in [6.07, 6.45) is 4.62. The number of ether oxygens (including phenoxy) is 1. The van der Waals surface area contributed by atoms with Gasteiger partial charge >= 0.3 is 8.69 Å². The summed E-state index contributed by atoms with van der Waals surface area (Å²) < 4.78 is 22.8. The zero-order valence-corrected chi connectivity index (χ0v) is 14.5. The van der Waals surface area contributed by atoms with E-state index in [1.165, 1.54) is 6.33 Å².